The van der Waals surface area contributed by atoms with E-state index >= 15 is 0 Å². The first kappa shape index (κ1) is 21.6. The van der Waals surface area contributed by atoms with E-state index in [2.05, 4.69) is 48.1 Å². The van der Waals surface area contributed by atoms with E-state index in [9.17, 15) is 5.11 Å². The maximum atomic E-state index is 11.8. The van der Waals surface area contributed by atoms with Crippen molar-refractivity contribution in [1.29, 1.82) is 0 Å². The molecule has 5 heteroatoms. The molecular formula is C24H35ClN2OS. The molecule has 29 heavy (non-hydrogen) atoms. The lowest BCUT2D eigenvalue weighted by molar-refractivity contribution is -0.0365. The number of hydrogen-bond donors (Lipinski definition) is 1. The van der Waals surface area contributed by atoms with Crippen LogP contribution in [-0.2, 0) is 0 Å². The van der Waals surface area contributed by atoms with Crippen molar-refractivity contribution < 1.29 is 5.11 Å². The van der Waals surface area contributed by atoms with Gasteiger partial charge in [-0.25, -0.2) is 0 Å². The van der Waals surface area contributed by atoms with Gasteiger partial charge in [0.25, 0.3) is 0 Å². The van der Waals surface area contributed by atoms with Gasteiger partial charge in [-0.1, -0.05) is 30.9 Å². The van der Waals surface area contributed by atoms with E-state index in [1.54, 1.807) is 11.3 Å². The molecule has 1 aliphatic carbocycles. The van der Waals surface area contributed by atoms with Crippen LogP contribution in [0.1, 0.15) is 64.4 Å². The third kappa shape index (κ3) is 4.67. The van der Waals surface area contributed by atoms with Gasteiger partial charge in [0.15, 0.2) is 0 Å². The SMILES string of the molecule is CC(C)(C)N1CCN(CC(c2csc3ccc(Cl)cc23)C2(O)CCCCC2)CC1. The number of halogens is 1. The summed E-state index contributed by atoms with van der Waals surface area (Å²) in [5, 5.41) is 16.1. The Kier molecular flexibility index (Phi) is 6.30. The van der Waals surface area contributed by atoms with E-state index in [4.69, 9.17) is 11.6 Å². The first-order valence-electron chi connectivity index (χ1n) is 11.1. The van der Waals surface area contributed by atoms with Crippen LogP contribution in [0.15, 0.2) is 23.6 Å². The van der Waals surface area contributed by atoms with Gasteiger partial charge in [-0.15, -0.1) is 11.3 Å². The number of thiophene rings is 1. The van der Waals surface area contributed by atoms with Gasteiger partial charge < -0.3 is 10.0 Å². The minimum Gasteiger partial charge on any atom is -0.389 e. The van der Waals surface area contributed by atoms with Crippen molar-refractivity contribution in [1.82, 2.24) is 9.80 Å². The fourth-order valence-electron chi connectivity index (χ4n) is 5.22. The van der Waals surface area contributed by atoms with Crippen LogP contribution in [0.2, 0.25) is 5.02 Å². The average Bonchev–Trinajstić information content (AvgIpc) is 3.09. The first-order chi connectivity index (χ1) is 13.8. The quantitative estimate of drug-likeness (QED) is 0.663. The minimum atomic E-state index is -0.601. The number of benzene rings is 1. The van der Waals surface area contributed by atoms with Crippen LogP contribution in [0.4, 0.5) is 0 Å². The number of rotatable bonds is 4. The van der Waals surface area contributed by atoms with Crippen molar-refractivity contribution in [2.24, 2.45) is 0 Å². The van der Waals surface area contributed by atoms with Gasteiger partial charge in [-0.05, 0) is 68.1 Å². The largest absolute Gasteiger partial charge is 0.389 e. The van der Waals surface area contributed by atoms with Gasteiger partial charge in [0.05, 0.1) is 5.60 Å². The van der Waals surface area contributed by atoms with Crippen LogP contribution in [0.25, 0.3) is 10.1 Å². The Labute approximate surface area is 184 Å². The molecule has 1 aromatic carbocycles. The highest BCUT2D eigenvalue weighted by molar-refractivity contribution is 7.17. The van der Waals surface area contributed by atoms with E-state index in [1.165, 1.54) is 22.1 Å². The van der Waals surface area contributed by atoms with Gasteiger partial charge in [-0.3, -0.25) is 4.90 Å². The van der Waals surface area contributed by atoms with Crippen molar-refractivity contribution in [2.75, 3.05) is 32.7 Å². The van der Waals surface area contributed by atoms with Crippen LogP contribution >= 0.6 is 22.9 Å². The van der Waals surface area contributed by atoms with Crippen LogP contribution in [-0.4, -0.2) is 58.8 Å². The summed E-state index contributed by atoms with van der Waals surface area (Å²) in [6.07, 6.45) is 5.34. The molecule has 1 atom stereocenters. The third-order valence-corrected chi connectivity index (χ3v) is 8.29. The van der Waals surface area contributed by atoms with Gasteiger partial charge in [-0.2, -0.15) is 0 Å². The molecular weight excluding hydrogens is 400 g/mol. The monoisotopic (exact) mass is 434 g/mol. The van der Waals surface area contributed by atoms with Crippen molar-refractivity contribution in [3.63, 3.8) is 0 Å². The second-order valence-electron chi connectivity index (χ2n) is 10.0. The summed E-state index contributed by atoms with van der Waals surface area (Å²) in [4.78, 5) is 5.15. The molecule has 1 saturated carbocycles. The topological polar surface area (TPSA) is 26.7 Å². The van der Waals surface area contributed by atoms with Gasteiger partial charge in [0.1, 0.15) is 0 Å². The molecule has 2 heterocycles. The van der Waals surface area contributed by atoms with Crippen LogP contribution in [0.3, 0.4) is 0 Å². The third-order valence-electron chi connectivity index (χ3n) is 7.07. The molecule has 2 fully saturated rings. The van der Waals surface area contributed by atoms with Gasteiger partial charge in [0.2, 0.25) is 0 Å². The molecule has 2 aliphatic rings. The van der Waals surface area contributed by atoms with Crippen molar-refractivity contribution in [2.45, 2.75) is 69.9 Å². The highest BCUT2D eigenvalue weighted by Gasteiger charge is 2.41. The number of aliphatic hydroxyl groups is 1. The Balaban J connectivity index is 1.60. The van der Waals surface area contributed by atoms with Crippen LogP contribution in [0.5, 0.6) is 0 Å². The first-order valence-corrected chi connectivity index (χ1v) is 12.4. The van der Waals surface area contributed by atoms with Crippen LogP contribution < -0.4 is 0 Å². The van der Waals surface area contributed by atoms with E-state index < -0.39 is 5.60 Å². The molecule has 2 aromatic rings. The lowest BCUT2D eigenvalue weighted by atomic mass is 9.72. The molecule has 0 bridgehead atoms. The summed E-state index contributed by atoms with van der Waals surface area (Å²) in [5.41, 5.74) is 0.929. The zero-order valence-corrected chi connectivity index (χ0v) is 19.7. The predicted octanol–water partition coefficient (Wildman–Crippen LogP) is 5.75. The number of nitrogens with zero attached hydrogens (tertiary/aromatic N) is 2. The fourth-order valence-corrected chi connectivity index (χ4v) is 6.39. The second kappa shape index (κ2) is 8.47. The summed E-state index contributed by atoms with van der Waals surface area (Å²) in [5.74, 6) is 0.149. The lowest BCUT2D eigenvalue weighted by Crippen LogP contribution is -2.55. The maximum Gasteiger partial charge on any atom is 0.0728 e. The van der Waals surface area contributed by atoms with Gasteiger partial charge in [0, 0.05) is 53.9 Å². The van der Waals surface area contributed by atoms with E-state index in [0.717, 1.165) is 63.4 Å². The fraction of sp³-hybridized carbons (Fsp3) is 0.667. The normalized spacial score (nSPS) is 22.8. The molecule has 0 amide bonds. The molecule has 1 saturated heterocycles. The number of hydrogen-bond acceptors (Lipinski definition) is 4. The predicted molar refractivity (Wildman–Crippen MR) is 125 cm³/mol. The minimum absolute atomic E-state index is 0.149. The molecule has 1 aromatic heterocycles. The Hall–Kier alpha value is -0.650. The molecule has 1 unspecified atom stereocenters. The maximum absolute atomic E-state index is 11.8. The Morgan fingerprint density at radius 3 is 2.45 bits per heavy atom. The summed E-state index contributed by atoms with van der Waals surface area (Å²) in [7, 11) is 0. The highest BCUT2D eigenvalue weighted by atomic mass is 35.5. The molecule has 4 rings (SSSR count). The smallest absolute Gasteiger partial charge is 0.0728 e. The molecule has 1 aliphatic heterocycles. The van der Waals surface area contributed by atoms with E-state index in [1.807, 2.05) is 6.07 Å². The number of fused-ring (bicyclic) bond motifs is 1. The zero-order valence-electron chi connectivity index (χ0n) is 18.1. The second-order valence-corrected chi connectivity index (χ2v) is 11.4. The average molecular weight is 435 g/mol. The van der Waals surface area contributed by atoms with E-state index in [-0.39, 0.29) is 11.5 Å². The standard InChI is InChI=1S/C24H35ClN2OS/c1-23(2,3)27-13-11-26(12-14-27)16-21(24(28)9-5-4-6-10-24)20-17-29-22-8-7-18(25)15-19(20)22/h7-8,15,17,21,28H,4-6,9-14,16H2,1-3H3. The lowest BCUT2D eigenvalue weighted by Gasteiger charge is -2.46. The highest BCUT2D eigenvalue weighted by Crippen LogP contribution is 2.44. The Morgan fingerprint density at radius 2 is 1.79 bits per heavy atom. The summed E-state index contributed by atoms with van der Waals surface area (Å²) < 4.78 is 1.27. The summed E-state index contributed by atoms with van der Waals surface area (Å²) >= 11 is 8.13. The number of piperazine rings is 1. The van der Waals surface area contributed by atoms with Crippen LogP contribution in [0, 0.1) is 0 Å². The zero-order chi connectivity index (χ0) is 20.6. The molecule has 160 valence electrons. The summed E-state index contributed by atoms with van der Waals surface area (Å²) in [6.45, 7) is 12.2. The van der Waals surface area contributed by atoms with Crippen molar-refractivity contribution in [3.05, 3.63) is 34.2 Å². The van der Waals surface area contributed by atoms with Crippen molar-refractivity contribution >= 4 is 33.0 Å². The Morgan fingerprint density at radius 1 is 1.10 bits per heavy atom. The Bertz CT molecular complexity index is 829. The summed E-state index contributed by atoms with van der Waals surface area (Å²) in [6, 6.07) is 6.19. The van der Waals surface area contributed by atoms with Gasteiger partial charge >= 0.3 is 0 Å². The molecule has 0 spiro atoms. The molecule has 0 radical (unpaired) electrons. The van der Waals surface area contributed by atoms with Crippen molar-refractivity contribution in [3.8, 4) is 0 Å². The molecule has 1 N–H and O–H groups in total. The molecule has 3 nitrogen and oxygen atoms in total. The van der Waals surface area contributed by atoms with E-state index in [0.29, 0.717) is 0 Å².